The Morgan fingerprint density at radius 3 is 2.18 bits per heavy atom. The molecule has 33 heavy (non-hydrogen) atoms. The third-order valence-electron chi connectivity index (χ3n) is 4.88. The van der Waals surface area contributed by atoms with Gasteiger partial charge in [0.1, 0.15) is 5.75 Å². The number of benzene rings is 3. The number of carbonyl (C=O) groups is 1. The Bertz CT molecular complexity index is 1430. The van der Waals surface area contributed by atoms with E-state index in [2.05, 4.69) is 5.16 Å². The van der Waals surface area contributed by atoms with E-state index >= 15 is 0 Å². The van der Waals surface area contributed by atoms with Crippen LogP contribution in [0.4, 0.5) is 5.69 Å². The molecule has 166 valence electrons. The number of aromatic nitrogens is 1. The molecule has 0 aliphatic rings. The van der Waals surface area contributed by atoms with Gasteiger partial charge in [-0.15, -0.1) is 0 Å². The first-order valence-electron chi connectivity index (χ1n) is 9.56. The van der Waals surface area contributed by atoms with E-state index in [1.807, 2.05) is 0 Å². The van der Waals surface area contributed by atoms with Gasteiger partial charge in [-0.05, 0) is 48.5 Å². The van der Waals surface area contributed by atoms with Crippen molar-refractivity contribution in [2.45, 2.75) is 9.79 Å². The van der Waals surface area contributed by atoms with Crippen LogP contribution in [0, 0.1) is 10.1 Å². The summed E-state index contributed by atoms with van der Waals surface area (Å²) in [6.07, 6.45) is 0. The molecule has 1 heterocycles. The molecule has 4 aromatic rings. The summed E-state index contributed by atoms with van der Waals surface area (Å²) in [6.45, 7) is 0. The van der Waals surface area contributed by atoms with E-state index in [9.17, 15) is 23.3 Å². The zero-order valence-corrected chi connectivity index (χ0v) is 18.0. The predicted molar refractivity (Wildman–Crippen MR) is 117 cm³/mol. The molecule has 1 aromatic heterocycles. The normalized spacial score (nSPS) is 11.2. The maximum atomic E-state index is 13.5. The molecule has 4 rings (SSSR count). The van der Waals surface area contributed by atoms with Crippen molar-refractivity contribution in [3.05, 3.63) is 100 Å². The van der Waals surface area contributed by atoms with Gasteiger partial charge in [0.25, 0.3) is 5.69 Å². The van der Waals surface area contributed by atoms with Crippen molar-refractivity contribution in [3.8, 4) is 17.1 Å². The summed E-state index contributed by atoms with van der Waals surface area (Å²) in [6, 6.07) is 18.7. The summed E-state index contributed by atoms with van der Waals surface area (Å²) in [5, 5.41) is 14.8. The largest absolute Gasteiger partial charge is 0.497 e. The Hall–Kier alpha value is -4.31. The number of rotatable bonds is 7. The van der Waals surface area contributed by atoms with Crippen LogP contribution >= 0.6 is 0 Å². The minimum atomic E-state index is -4.23. The van der Waals surface area contributed by atoms with E-state index in [1.165, 1.54) is 55.6 Å². The Balaban J connectivity index is 1.90. The molecule has 0 spiro atoms. The molecule has 0 saturated heterocycles. The number of ether oxygens (including phenoxy) is 1. The summed E-state index contributed by atoms with van der Waals surface area (Å²) in [7, 11) is -2.75. The van der Waals surface area contributed by atoms with Gasteiger partial charge in [0.2, 0.25) is 15.6 Å². The highest BCUT2D eigenvalue weighted by atomic mass is 32.2. The summed E-state index contributed by atoms with van der Waals surface area (Å²) >= 11 is 0. The average Bonchev–Trinajstić information content (AvgIpc) is 3.30. The zero-order chi connectivity index (χ0) is 23.6. The monoisotopic (exact) mass is 464 g/mol. The van der Waals surface area contributed by atoms with Crippen LogP contribution in [0.2, 0.25) is 0 Å². The fraction of sp³-hybridized carbons (Fsp3) is 0.0435. The maximum Gasteiger partial charge on any atom is 0.269 e. The minimum Gasteiger partial charge on any atom is -0.497 e. The molecule has 10 heteroatoms. The number of methoxy groups -OCH3 is 1. The van der Waals surface area contributed by atoms with Gasteiger partial charge in [-0.3, -0.25) is 14.9 Å². The smallest absolute Gasteiger partial charge is 0.269 e. The van der Waals surface area contributed by atoms with Crippen LogP contribution in [0.1, 0.15) is 16.1 Å². The highest BCUT2D eigenvalue weighted by molar-refractivity contribution is 7.91. The van der Waals surface area contributed by atoms with Crippen LogP contribution < -0.4 is 4.74 Å². The maximum absolute atomic E-state index is 13.5. The van der Waals surface area contributed by atoms with E-state index in [-0.39, 0.29) is 27.5 Å². The highest BCUT2D eigenvalue weighted by Gasteiger charge is 2.34. The van der Waals surface area contributed by atoms with Crippen molar-refractivity contribution in [2.75, 3.05) is 7.11 Å². The Morgan fingerprint density at radius 2 is 1.61 bits per heavy atom. The third kappa shape index (κ3) is 4.11. The van der Waals surface area contributed by atoms with Gasteiger partial charge in [-0.2, -0.15) is 0 Å². The van der Waals surface area contributed by atoms with Crippen molar-refractivity contribution in [1.82, 2.24) is 5.16 Å². The van der Waals surface area contributed by atoms with Crippen molar-refractivity contribution < 1.29 is 27.4 Å². The van der Waals surface area contributed by atoms with E-state index in [0.29, 0.717) is 5.75 Å². The lowest BCUT2D eigenvalue weighted by Gasteiger charge is -2.07. The average molecular weight is 464 g/mol. The molecule has 0 bridgehead atoms. The fourth-order valence-corrected chi connectivity index (χ4v) is 4.73. The molecule has 0 aliphatic carbocycles. The second-order valence-electron chi connectivity index (χ2n) is 6.87. The van der Waals surface area contributed by atoms with Gasteiger partial charge >= 0.3 is 0 Å². The minimum absolute atomic E-state index is 0.0554. The molecule has 0 aliphatic heterocycles. The van der Waals surface area contributed by atoms with E-state index < -0.39 is 31.1 Å². The van der Waals surface area contributed by atoms with Crippen molar-refractivity contribution in [2.24, 2.45) is 0 Å². The van der Waals surface area contributed by atoms with Gasteiger partial charge in [0.05, 0.1) is 16.9 Å². The summed E-state index contributed by atoms with van der Waals surface area (Å²) in [5.41, 5.74) is -0.169. The third-order valence-corrected chi connectivity index (χ3v) is 6.69. The number of nitrogens with zero attached hydrogens (tertiary/aromatic N) is 2. The second kappa shape index (κ2) is 8.67. The molecular weight excluding hydrogens is 448 g/mol. The molecule has 3 aromatic carbocycles. The standard InChI is InChI=1S/C23H16N2O7S/c1-31-18-13-9-15(10-14-18)21(26)20-23(33(29,30)19-5-3-2-4-6-19)22(32-24-20)16-7-11-17(12-8-16)25(27)28/h2-14H,1H3. The number of carbonyl (C=O) groups excluding carboxylic acids is 1. The number of hydrogen-bond acceptors (Lipinski definition) is 8. The first-order valence-corrected chi connectivity index (χ1v) is 11.0. The van der Waals surface area contributed by atoms with Gasteiger partial charge in [0, 0.05) is 23.3 Å². The highest BCUT2D eigenvalue weighted by Crippen LogP contribution is 2.36. The van der Waals surface area contributed by atoms with Gasteiger partial charge in [-0.1, -0.05) is 23.4 Å². The number of ketones is 1. The summed E-state index contributed by atoms with van der Waals surface area (Å²) in [5.74, 6) is -0.329. The molecular formula is C23H16N2O7S. The second-order valence-corrected chi connectivity index (χ2v) is 8.75. The van der Waals surface area contributed by atoms with Crippen molar-refractivity contribution in [1.29, 1.82) is 0 Å². The Kier molecular flexibility index (Phi) is 5.76. The molecule has 0 amide bonds. The first-order chi connectivity index (χ1) is 15.8. The molecule has 0 radical (unpaired) electrons. The van der Waals surface area contributed by atoms with Crippen LogP contribution in [-0.2, 0) is 9.84 Å². The van der Waals surface area contributed by atoms with Gasteiger partial charge in [-0.25, -0.2) is 8.42 Å². The van der Waals surface area contributed by atoms with Crippen LogP contribution in [0.25, 0.3) is 11.3 Å². The topological polar surface area (TPSA) is 130 Å². The molecule has 0 unspecified atom stereocenters. The number of non-ortho nitro benzene ring substituents is 1. The molecule has 9 nitrogen and oxygen atoms in total. The predicted octanol–water partition coefficient (Wildman–Crippen LogP) is 4.32. The number of hydrogen-bond donors (Lipinski definition) is 0. The van der Waals surface area contributed by atoms with Crippen LogP contribution in [0.5, 0.6) is 5.75 Å². The lowest BCUT2D eigenvalue weighted by atomic mass is 10.1. The van der Waals surface area contributed by atoms with Crippen LogP contribution in [0.15, 0.2) is 93.2 Å². The van der Waals surface area contributed by atoms with Gasteiger partial charge < -0.3 is 9.26 Å². The lowest BCUT2D eigenvalue weighted by Crippen LogP contribution is -2.11. The zero-order valence-electron chi connectivity index (χ0n) is 17.2. The number of nitro benzene ring substituents is 1. The molecule has 0 saturated carbocycles. The summed E-state index contributed by atoms with van der Waals surface area (Å²) < 4.78 is 37.5. The Morgan fingerprint density at radius 1 is 0.970 bits per heavy atom. The SMILES string of the molecule is COc1ccc(C(=O)c2noc(-c3ccc([N+](=O)[O-])cc3)c2S(=O)(=O)c2ccccc2)cc1. The molecule has 0 N–H and O–H groups in total. The fourth-order valence-electron chi connectivity index (χ4n) is 3.19. The van der Waals surface area contributed by atoms with Crippen molar-refractivity contribution >= 4 is 21.3 Å². The molecule has 0 atom stereocenters. The van der Waals surface area contributed by atoms with Gasteiger partial charge in [0.15, 0.2) is 16.3 Å². The Labute approximate surface area is 188 Å². The number of nitro groups is 1. The van der Waals surface area contributed by atoms with E-state index in [1.54, 1.807) is 30.3 Å². The quantitative estimate of drug-likeness (QED) is 0.225. The van der Waals surface area contributed by atoms with E-state index in [0.717, 1.165) is 0 Å². The van der Waals surface area contributed by atoms with Crippen molar-refractivity contribution in [3.63, 3.8) is 0 Å². The first kappa shape index (κ1) is 21.9. The molecule has 0 fully saturated rings. The van der Waals surface area contributed by atoms with E-state index in [4.69, 9.17) is 9.26 Å². The van der Waals surface area contributed by atoms with Crippen LogP contribution in [-0.4, -0.2) is 31.4 Å². The summed E-state index contributed by atoms with van der Waals surface area (Å²) in [4.78, 5) is 23.1. The van der Waals surface area contributed by atoms with Crippen LogP contribution in [0.3, 0.4) is 0 Å². The lowest BCUT2D eigenvalue weighted by molar-refractivity contribution is -0.384. The number of sulfone groups is 1.